The van der Waals surface area contributed by atoms with E-state index < -0.39 is 6.10 Å². The molecule has 3 aromatic rings. The molecular formula is C18H17ClN2O2S. The first-order valence-electron chi connectivity index (χ1n) is 7.67. The van der Waals surface area contributed by atoms with Gasteiger partial charge in [0.25, 0.3) is 5.91 Å². The normalized spacial score (nSPS) is 12.1. The molecule has 1 aromatic heterocycles. The summed E-state index contributed by atoms with van der Waals surface area (Å²) < 4.78 is 6.69. The zero-order valence-electron chi connectivity index (χ0n) is 13.4. The van der Waals surface area contributed by atoms with Crippen molar-refractivity contribution in [3.05, 3.63) is 53.1 Å². The molecule has 24 heavy (non-hydrogen) atoms. The molecule has 0 fully saturated rings. The summed E-state index contributed by atoms with van der Waals surface area (Å²) in [5.41, 5.74) is 2.14. The van der Waals surface area contributed by atoms with Gasteiger partial charge in [-0.1, -0.05) is 35.9 Å². The molecule has 1 heterocycles. The van der Waals surface area contributed by atoms with E-state index in [2.05, 4.69) is 29.4 Å². The predicted molar refractivity (Wildman–Crippen MR) is 99.2 cm³/mol. The molecule has 0 saturated heterocycles. The molecule has 0 radical (unpaired) electrons. The van der Waals surface area contributed by atoms with Gasteiger partial charge >= 0.3 is 0 Å². The Labute approximate surface area is 149 Å². The van der Waals surface area contributed by atoms with E-state index in [-0.39, 0.29) is 5.91 Å². The minimum absolute atomic E-state index is 0.236. The zero-order chi connectivity index (χ0) is 17.1. The van der Waals surface area contributed by atoms with Crippen LogP contribution in [0.3, 0.4) is 0 Å². The van der Waals surface area contributed by atoms with Crippen molar-refractivity contribution in [2.45, 2.75) is 26.4 Å². The number of hydrogen-bond donors (Lipinski definition) is 1. The summed E-state index contributed by atoms with van der Waals surface area (Å²) >= 11 is 7.30. The van der Waals surface area contributed by atoms with E-state index >= 15 is 0 Å². The SMILES string of the molecule is CCc1ccc2nc(NC(=O)C(C)Oc3ccc(Cl)cc3)sc2c1. The van der Waals surface area contributed by atoms with E-state index in [1.807, 2.05) is 6.07 Å². The number of carbonyl (C=O) groups excluding carboxylic acids is 1. The molecule has 1 N–H and O–H groups in total. The second kappa shape index (κ2) is 7.20. The lowest BCUT2D eigenvalue weighted by molar-refractivity contribution is -0.122. The molecule has 0 aliphatic rings. The number of aromatic nitrogens is 1. The van der Waals surface area contributed by atoms with Gasteiger partial charge in [0.05, 0.1) is 10.2 Å². The van der Waals surface area contributed by atoms with Gasteiger partial charge in [-0.15, -0.1) is 0 Å². The summed E-state index contributed by atoms with van der Waals surface area (Å²) in [5, 5.41) is 4.02. The van der Waals surface area contributed by atoms with Crippen LogP contribution in [0.1, 0.15) is 19.4 Å². The minimum Gasteiger partial charge on any atom is -0.481 e. The van der Waals surface area contributed by atoms with E-state index in [1.54, 1.807) is 31.2 Å². The Balaban J connectivity index is 1.68. The highest BCUT2D eigenvalue weighted by atomic mass is 35.5. The van der Waals surface area contributed by atoms with Gasteiger partial charge in [0.2, 0.25) is 0 Å². The molecule has 124 valence electrons. The van der Waals surface area contributed by atoms with Crippen LogP contribution >= 0.6 is 22.9 Å². The summed E-state index contributed by atoms with van der Waals surface area (Å²) in [5.74, 6) is 0.360. The molecule has 3 rings (SSSR count). The van der Waals surface area contributed by atoms with E-state index in [9.17, 15) is 4.79 Å². The van der Waals surface area contributed by atoms with Crippen molar-refractivity contribution >= 4 is 44.2 Å². The quantitative estimate of drug-likeness (QED) is 0.702. The molecule has 6 heteroatoms. The number of fused-ring (bicyclic) bond motifs is 1. The van der Waals surface area contributed by atoms with Gasteiger partial charge in [-0.25, -0.2) is 4.98 Å². The van der Waals surface area contributed by atoms with Crippen LogP contribution in [0.25, 0.3) is 10.2 Å². The van der Waals surface area contributed by atoms with Crippen LogP contribution in [0.4, 0.5) is 5.13 Å². The molecule has 4 nitrogen and oxygen atoms in total. The summed E-state index contributed by atoms with van der Waals surface area (Å²) in [7, 11) is 0. The molecular weight excluding hydrogens is 344 g/mol. The second-order valence-electron chi connectivity index (χ2n) is 5.38. The van der Waals surface area contributed by atoms with Gasteiger partial charge in [-0.05, 0) is 55.3 Å². The third kappa shape index (κ3) is 3.86. The van der Waals surface area contributed by atoms with Crippen LogP contribution in [0.5, 0.6) is 5.75 Å². The summed E-state index contributed by atoms with van der Waals surface area (Å²) in [4.78, 5) is 16.7. The molecule has 1 unspecified atom stereocenters. The van der Waals surface area contributed by atoms with Gasteiger partial charge in [0.1, 0.15) is 5.75 Å². The maximum atomic E-state index is 12.3. The fourth-order valence-electron chi connectivity index (χ4n) is 2.22. The topological polar surface area (TPSA) is 51.2 Å². The van der Waals surface area contributed by atoms with Crippen LogP contribution < -0.4 is 10.1 Å². The lowest BCUT2D eigenvalue weighted by atomic mass is 10.2. The van der Waals surface area contributed by atoms with Gasteiger partial charge < -0.3 is 4.74 Å². The fourth-order valence-corrected chi connectivity index (χ4v) is 3.28. The number of nitrogens with one attached hydrogen (secondary N) is 1. The average Bonchev–Trinajstić information content (AvgIpc) is 2.97. The maximum Gasteiger partial charge on any atom is 0.266 e. The molecule has 1 amide bonds. The standard InChI is InChI=1S/C18H17ClN2O2S/c1-3-12-4-9-15-16(10-12)24-18(20-15)21-17(22)11(2)23-14-7-5-13(19)6-8-14/h4-11H,3H2,1-2H3,(H,20,21,22). The Morgan fingerprint density at radius 2 is 2.04 bits per heavy atom. The van der Waals surface area contributed by atoms with Crippen LogP contribution in [0.15, 0.2) is 42.5 Å². The first-order valence-corrected chi connectivity index (χ1v) is 8.87. The number of benzene rings is 2. The molecule has 0 saturated carbocycles. The van der Waals surface area contributed by atoms with Crippen molar-refractivity contribution in [2.75, 3.05) is 5.32 Å². The van der Waals surface area contributed by atoms with Gasteiger partial charge in [-0.3, -0.25) is 10.1 Å². The number of anilines is 1. The number of halogens is 1. The first-order chi connectivity index (χ1) is 11.5. The third-order valence-electron chi connectivity index (χ3n) is 3.59. The van der Waals surface area contributed by atoms with Crippen molar-refractivity contribution in [3.63, 3.8) is 0 Å². The Morgan fingerprint density at radius 3 is 2.75 bits per heavy atom. The summed E-state index contributed by atoms with van der Waals surface area (Å²) in [6, 6.07) is 13.1. The fraction of sp³-hybridized carbons (Fsp3) is 0.222. The zero-order valence-corrected chi connectivity index (χ0v) is 14.9. The second-order valence-corrected chi connectivity index (χ2v) is 6.84. The van der Waals surface area contributed by atoms with Crippen LogP contribution in [-0.2, 0) is 11.2 Å². The van der Waals surface area contributed by atoms with Crippen LogP contribution in [0.2, 0.25) is 5.02 Å². The van der Waals surface area contributed by atoms with E-state index in [0.29, 0.717) is 15.9 Å². The highest BCUT2D eigenvalue weighted by Crippen LogP contribution is 2.27. The molecule has 2 aromatic carbocycles. The van der Waals surface area contributed by atoms with Crippen molar-refractivity contribution in [2.24, 2.45) is 0 Å². The minimum atomic E-state index is -0.635. The monoisotopic (exact) mass is 360 g/mol. The number of aryl methyl sites for hydroxylation is 1. The largest absolute Gasteiger partial charge is 0.481 e. The smallest absolute Gasteiger partial charge is 0.266 e. The lowest BCUT2D eigenvalue weighted by Crippen LogP contribution is -2.30. The predicted octanol–water partition coefficient (Wildman–Crippen LogP) is 4.92. The van der Waals surface area contributed by atoms with Crippen molar-refractivity contribution < 1.29 is 9.53 Å². The first kappa shape index (κ1) is 16.7. The number of thiazole rings is 1. The van der Waals surface area contributed by atoms with E-state index in [0.717, 1.165) is 16.6 Å². The van der Waals surface area contributed by atoms with Gasteiger partial charge in [0, 0.05) is 5.02 Å². The Bertz CT molecular complexity index is 861. The number of nitrogens with zero attached hydrogens (tertiary/aromatic N) is 1. The number of rotatable bonds is 5. The van der Waals surface area contributed by atoms with Crippen LogP contribution in [0, 0.1) is 0 Å². The highest BCUT2D eigenvalue weighted by Gasteiger charge is 2.17. The maximum absolute atomic E-state index is 12.3. The van der Waals surface area contributed by atoms with Crippen LogP contribution in [-0.4, -0.2) is 17.0 Å². The van der Waals surface area contributed by atoms with Gasteiger partial charge in [-0.2, -0.15) is 0 Å². The van der Waals surface area contributed by atoms with Gasteiger partial charge in [0.15, 0.2) is 11.2 Å². The molecule has 1 atom stereocenters. The molecule has 0 bridgehead atoms. The Hall–Kier alpha value is -2.11. The molecule has 0 aliphatic carbocycles. The lowest BCUT2D eigenvalue weighted by Gasteiger charge is -2.13. The van der Waals surface area contributed by atoms with E-state index in [4.69, 9.17) is 16.3 Å². The molecule has 0 aliphatic heterocycles. The number of hydrogen-bond acceptors (Lipinski definition) is 4. The Morgan fingerprint density at radius 1 is 1.29 bits per heavy atom. The highest BCUT2D eigenvalue weighted by molar-refractivity contribution is 7.22. The van der Waals surface area contributed by atoms with Crippen molar-refractivity contribution in [3.8, 4) is 5.75 Å². The summed E-state index contributed by atoms with van der Waals surface area (Å²) in [6.07, 6.45) is 0.339. The Kier molecular flexibility index (Phi) is 5.02. The number of amides is 1. The number of ether oxygens (including phenoxy) is 1. The number of carbonyl (C=O) groups is 1. The molecule has 0 spiro atoms. The van der Waals surface area contributed by atoms with Crippen molar-refractivity contribution in [1.82, 2.24) is 4.98 Å². The average molecular weight is 361 g/mol. The van der Waals surface area contributed by atoms with E-state index in [1.165, 1.54) is 16.9 Å². The third-order valence-corrected chi connectivity index (χ3v) is 4.77. The summed E-state index contributed by atoms with van der Waals surface area (Å²) in [6.45, 7) is 3.81. The van der Waals surface area contributed by atoms with Crippen molar-refractivity contribution in [1.29, 1.82) is 0 Å².